The Labute approximate surface area is 119 Å². The quantitative estimate of drug-likeness (QED) is 0.914. The molecule has 0 bridgehead atoms. The molecule has 0 fully saturated rings. The van der Waals surface area contributed by atoms with E-state index in [4.69, 9.17) is 0 Å². The monoisotopic (exact) mass is 321 g/mol. The van der Waals surface area contributed by atoms with Gasteiger partial charge in [0, 0.05) is 6.54 Å². The van der Waals surface area contributed by atoms with Gasteiger partial charge in [-0.2, -0.15) is 0 Å². The van der Waals surface area contributed by atoms with E-state index >= 15 is 0 Å². The van der Waals surface area contributed by atoms with Gasteiger partial charge in [-0.3, -0.25) is 4.79 Å². The highest BCUT2D eigenvalue weighted by Crippen LogP contribution is 2.18. The zero-order valence-corrected chi connectivity index (χ0v) is 12.0. The fourth-order valence-electron chi connectivity index (χ4n) is 1.78. The van der Waals surface area contributed by atoms with E-state index in [9.17, 15) is 9.18 Å². The van der Waals surface area contributed by atoms with Crippen LogP contribution >= 0.6 is 15.9 Å². The molecule has 0 aliphatic carbocycles. The summed E-state index contributed by atoms with van der Waals surface area (Å²) in [5, 5.41) is 2.71. The fourth-order valence-corrected chi connectivity index (χ4v) is 2.15. The molecule has 0 atom stereocenters. The third-order valence-corrected chi connectivity index (χ3v) is 3.34. The summed E-state index contributed by atoms with van der Waals surface area (Å²) < 4.78 is 14.0. The van der Waals surface area contributed by atoms with Crippen molar-refractivity contribution in [1.29, 1.82) is 0 Å². The Morgan fingerprint density at radius 1 is 1.26 bits per heavy atom. The van der Waals surface area contributed by atoms with Gasteiger partial charge in [-0.05, 0) is 40.5 Å². The number of amides is 1. The molecular weight excluding hydrogens is 309 g/mol. The van der Waals surface area contributed by atoms with Crippen molar-refractivity contribution in [3.05, 3.63) is 69.4 Å². The van der Waals surface area contributed by atoms with Gasteiger partial charge in [0.2, 0.25) is 0 Å². The average molecular weight is 322 g/mol. The Bertz CT molecular complexity index is 613. The number of benzene rings is 2. The van der Waals surface area contributed by atoms with Gasteiger partial charge in [-0.15, -0.1) is 0 Å². The van der Waals surface area contributed by atoms with Crippen molar-refractivity contribution in [3.63, 3.8) is 0 Å². The topological polar surface area (TPSA) is 29.1 Å². The Hall–Kier alpha value is -1.68. The van der Waals surface area contributed by atoms with Gasteiger partial charge in [0.25, 0.3) is 5.91 Å². The Morgan fingerprint density at radius 3 is 2.74 bits per heavy atom. The molecule has 0 saturated heterocycles. The van der Waals surface area contributed by atoms with Crippen LogP contribution in [0.25, 0.3) is 0 Å². The number of hydrogen-bond acceptors (Lipinski definition) is 1. The number of rotatable bonds is 3. The van der Waals surface area contributed by atoms with E-state index in [1.54, 1.807) is 12.1 Å². The normalized spacial score (nSPS) is 10.3. The highest BCUT2D eigenvalue weighted by Gasteiger charge is 2.13. The van der Waals surface area contributed by atoms with Crippen LogP contribution in [0.5, 0.6) is 0 Å². The maximum Gasteiger partial charge on any atom is 0.254 e. The molecule has 0 radical (unpaired) electrons. The first-order valence-electron chi connectivity index (χ1n) is 5.85. The number of carbonyl (C=O) groups is 1. The van der Waals surface area contributed by atoms with Crippen LogP contribution < -0.4 is 5.32 Å². The molecule has 19 heavy (non-hydrogen) atoms. The van der Waals surface area contributed by atoms with Gasteiger partial charge in [0.05, 0.1) is 10.0 Å². The minimum atomic E-state index is -0.538. The molecule has 0 saturated carbocycles. The highest BCUT2D eigenvalue weighted by atomic mass is 79.9. The summed E-state index contributed by atoms with van der Waals surface area (Å²) in [6.45, 7) is 2.37. The lowest BCUT2D eigenvalue weighted by atomic mass is 10.1. The number of nitrogens with one attached hydrogen (secondary N) is 1. The van der Waals surface area contributed by atoms with Crippen molar-refractivity contribution in [2.24, 2.45) is 0 Å². The standard InChI is InChI=1S/C15H13BrFNO/c1-10-4-2-5-11(8-10)9-18-15(19)12-6-3-7-13(16)14(12)17/h2-8H,9H2,1H3,(H,18,19). The second-order valence-electron chi connectivity index (χ2n) is 4.27. The van der Waals surface area contributed by atoms with Gasteiger partial charge in [-0.1, -0.05) is 35.9 Å². The van der Waals surface area contributed by atoms with Crippen LogP contribution in [0.15, 0.2) is 46.9 Å². The van der Waals surface area contributed by atoms with Crippen molar-refractivity contribution >= 4 is 21.8 Å². The lowest BCUT2D eigenvalue weighted by Gasteiger charge is -2.07. The predicted molar refractivity (Wildman–Crippen MR) is 76.4 cm³/mol. The molecule has 2 aromatic carbocycles. The Balaban J connectivity index is 2.08. The van der Waals surface area contributed by atoms with Gasteiger partial charge in [-0.25, -0.2) is 4.39 Å². The summed E-state index contributed by atoms with van der Waals surface area (Å²) in [6, 6.07) is 12.5. The van der Waals surface area contributed by atoms with Gasteiger partial charge < -0.3 is 5.32 Å². The lowest BCUT2D eigenvalue weighted by molar-refractivity contribution is 0.0946. The summed E-state index contributed by atoms with van der Waals surface area (Å²) in [5.74, 6) is -0.954. The van der Waals surface area contributed by atoms with Crippen LogP contribution in [0.2, 0.25) is 0 Å². The van der Waals surface area contributed by atoms with E-state index in [2.05, 4.69) is 21.2 Å². The molecule has 0 aromatic heterocycles. The van der Waals surface area contributed by atoms with Gasteiger partial charge >= 0.3 is 0 Å². The molecule has 0 heterocycles. The maximum absolute atomic E-state index is 13.7. The van der Waals surface area contributed by atoms with Crippen molar-refractivity contribution in [2.75, 3.05) is 0 Å². The zero-order chi connectivity index (χ0) is 13.8. The molecule has 98 valence electrons. The van der Waals surface area contributed by atoms with Crippen molar-refractivity contribution in [1.82, 2.24) is 5.32 Å². The number of carbonyl (C=O) groups excluding carboxylic acids is 1. The minimum Gasteiger partial charge on any atom is -0.348 e. The van der Waals surface area contributed by atoms with Crippen LogP contribution in [0.1, 0.15) is 21.5 Å². The van der Waals surface area contributed by atoms with Crippen LogP contribution in [0.4, 0.5) is 4.39 Å². The molecule has 2 nitrogen and oxygen atoms in total. The fraction of sp³-hybridized carbons (Fsp3) is 0.133. The Kier molecular flexibility index (Phi) is 4.32. The van der Waals surface area contributed by atoms with Gasteiger partial charge in [0.15, 0.2) is 0 Å². The molecule has 0 spiro atoms. The van der Waals surface area contributed by atoms with Crippen molar-refractivity contribution in [2.45, 2.75) is 13.5 Å². The van der Waals surface area contributed by atoms with Crippen LogP contribution in [0.3, 0.4) is 0 Å². The predicted octanol–water partition coefficient (Wildman–Crippen LogP) is 3.83. The van der Waals surface area contributed by atoms with E-state index in [1.807, 2.05) is 31.2 Å². The smallest absolute Gasteiger partial charge is 0.254 e. The van der Waals surface area contributed by atoms with E-state index in [-0.39, 0.29) is 10.0 Å². The van der Waals surface area contributed by atoms with Gasteiger partial charge in [0.1, 0.15) is 5.82 Å². The highest BCUT2D eigenvalue weighted by molar-refractivity contribution is 9.10. The van der Waals surface area contributed by atoms with Crippen LogP contribution in [0, 0.1) is 12.7 Å². The molecule has 4 heteroatoms. The van der Waals surface area contributed by atoms with Crippen LogP contribution in [-0.4, -0.2) is 5.91 Å². The van der Waals surface area contributed by atoms with Crippen LogP contribution in [-0.2, 0) is 6.54 Å². The summed E-state index contributed by atoms with van der Waals surface area (Å²) in [7, 11) is 0. The lowest BCUT2D eigenvalue weighted by Crippen LogP contribution is -2.23. The second kappa shape index (κ2) is 5.97. The molecule has 2 rings (SSSR count). The molecular formula is C15H13BrFNO. The van der Waals surface area contributed by atoms with E-state index < -0.39 is 11.7 Å². The molecule has 0 aliphatic heterocycles. The summed E-state index contributed by atoms with van der Waals surface area (Å²) in [6.07, 6.45) is 0. The molecule has 0 aliphatic rings. The largest absolute Gasteiger partial charge is 0.348 e. The Morgan fingerprint density at radius 2 is 2.00 bits per heavy atom. The maximum atomic E-state index is 13.7. The van der Waals surface area contributed by atoms with E-state index in [1.165, 1.54) is 6.07 Å². The molecule has 1 N–H and O–H groups in total. The number of hydrogen-bond donors (Lipinski definition) is 1. The third-order valence-electron chi connectivity index (χ3n) is 2.73. The molecule has 0 unspecified atom stereocenters. The first kappa shape index (κ1) is 13.7. The first-order chi connectivity index (χ1) is 9.08. The zero-order valence-electron chi connectivity index (χ0n) is 10.4. The summed E-state index contributed by atoms with van der Waals surface area (Å²) >= 11 is 3.06. The minimum absolute atomic E-state index is 0.0435. The molecule has 1 amide bonds. The third kappa shape index (κ3) is 3.41. The average Bonchev–Trinajstić information content (AvgIpc) is 2.39. The second-order valence-corrected chi connectivity index (χ2v) is 5.13. The van der Waals surface area contributed by atoms with E-state index in [0.29, 0.717) is 6.54 Å². The summed E-state index contributed by atoms with van der Waals surface area (Å²) in [5.41, 5.74) is 2.16. The summed E-state index contributed by atoms with van der Waals surface area (Å²) in [4.78, 5) is 11.9. The van der Waals surface area contributed by atoms with E-state index in [0.717, 1.165) is 11.1 Å². The van der Waals surface area contributed by atoms with Crippen molar-refractivity contribution < 1.29 is 9.18 Å². The van der Waals surface area contributed by atoms with Crippen molar-refractivity contribution in [3.8, 4) is 0 Å². The molecule has 2 aromatic rings. The first-order valence-corrected chi connectivity index (χ1v) is 6.65. The number of aryl methyl sites for hydroxylation is 1. The number of halogens is 2. The SMILES string of the molecule is Cc1cccc(CNC(=O)c2cccc(Br)c2F)c1.